The first-order valence-corrected chi connectivity index (χ1v) is 6.21. The van der Waals surface area contributed by atoms with Crippen molar-refractivity contribution in [2.45, 2.75) is 25.5 Å². The molecule has 0 aromatic heterocycles. The summed E-state index contributed by atoms with van der Waals surface area (Å²) in [7, 11) is 3.31. The van der Waals surface area contributed by atoms with Gasteiger partial charge in [0.15, 0.2) is 0 Å². The summed E-state index contributed by atoms with van der Waals surface area (Å²) in [6.45, 7) is 3.33. The highest BCUT2D eigenvalue weighted by molar-refractivity contribution is 5.29. The van der Waals surface area contributed by atoms with Crippen LogP contribution in [0.1, 0.15) is 25.0 Å². The van der Waals surface area contributed by atoms with Crippen LogP contribution in [0.4, 0.5) is 0 Å². The van der Waals surface area contributed by atoms with Gasteiger partial charge in [0.25, 0.3) is 0 Å². The predicted molar refractivity (Wildman–Crippen MR) is 71.9 cm³/mol. The molecule has 1 aromatic rings. The van der Waals surface area contributed by atoms with Crippen LogP contribution in [0.3, 0.4) is 0 Å². The molecule has 0 bridgehead atoms. The lowest BCUT2D eigenvalue weighted by molar-refractivity contribution is 0.158. The molecule has 102 valence electrons. The normalized spacial score (nSPS) is 14.2. The standard InChI is InChI=1S/C14H23NO3/c1-11(7-8-17-2)15-10-14(16)12-5-4-6-13(9-12)18-3/h4-6,9,11,14-16H,7-8,10H2,1-3H3. The number of hydrogen-bond acceptors (Lipinski definition) is 4. The molecule has 2 atom stereocenters. The van der Waals surface area contributed by atoms with Crippen LogP contribution in [0.5, 0.6) is 5.75 Å². The van der Waals surface area contributed by atoms with Crippen LogP contribution in [0.2, 0.25) is 0 Å². The van der Waals surface area contributed by atoms with E-state index in [9.17, 15) is 5.11 Å². The summed E-state index contributed by atoms with van der Waals surface area (Å²) < 4.78 is 10.2. The monoisotopic (exact) mass is 253 g/mol. The number of aliphatic hydroxyl groups excluding tert-OH is 1. The number of nitrogens with one attached hydrogen (secondary N) is 1. The largest absolute Gasteiger partial charge is 0.497 e. The first-order valence-electron chi connectivity index (χ1n) is 6.21. The summed E-state index contributed by atoms with van der Waals surface area (Å²) in [5, 5.41) is 13.3. The average Bonchev–Trinajstić information content (AvgIpc) is 2.42. The molecule has 0 heterocycles. The van der Waals surface area contributed by atoms with Gasteiger partial charge in [0.2, 0.25) is 0 Å². The molecular formula is C14H23NO3. The van der Waals surface area contributed by atoms with E-state index < -0.39 is 6.10 Å². The zero-order valence-electron chi connectivity index (χ0n) is 11.3. The second-order valence-corrected chi connectivity index (χ2v) is 4.38. The molecule has 0 spiro atoms. The molecule has 18 heavy (non-hydrogen) atoms. The van der Waals surface area contributed by atoms with E-state index in [0.717, 1.165) is 24.3 Å². The number of methoxy groups -OCH3 is 2. The van der Waals surface area contributed by atoms with Gasteiger partial charge in [-0.1, -0.05) is 12.1 Å². The number of aliphatic hydroxyl groups is 1. The Hall–Kier alpha value is -1.10. The fourth-order valence-corrected chi connectivity index (χ4v) is 1.68. The zero-order chi connectivity index (χ0) is 13.4. The second kappa shape index (κ2) is 8.08. The Morgan fingerprint density at radius 1 is 1.33 bits per heavy atom. The minimum absolute atomic E-state index is 0.324. The van der Waals surface area contributed by atoms with Crippen LogP contribution in [0.25, 0.3) is 0 Å². The van der Waals surface area contributed by atoms with Gasteiger partial charge >= 0.3 is 0 Å². The van der Waals surface area contributed by atoms with Gasteiger partial charge in [-0.2, -0.15) is 0 Å². The van der Waals surface area contributed by atoms with Crippen LogP contribution in [-0.2, 0) is 4.74 Å². The maximum atomic E-state index is 10.1. The van der Waals surface area contributed by atoms with E-state index in [4.69, 9.17) is 9.47 Å². The van der Waals surface area contributed by atoms with Gasteiger partial charge < -0.3 is 19.9 Å². The third kappa shape index (κ3) is 5.04. The summed E-state index contributed by atoms with van der Waals surface area (Å²) in [6.07, 6.45) is 0.409. The smallest absolute Gasteiger partial charge is 0.119 e. The van der Waals surface area contributed by atoms with Crippen molar-refractivity contribution >= 4 is 0 Å². The Labute approximate surface area is 109 Å². The van der Waals surface area contributed by atoms with Crippen molar-refractivity contribution in [3.63, 3.8) is 0 Å². The highest BCUT2D eigenvalue weighted by Gasteiger charge is 2.10. The summed E-state index contributed by atoms with van der Waals surface area (Å²) in [6, 6.07) is 7.82. The molecule has 0 amide bonds. The van der Waals surface area contributed by atoms with E-state index in [1.807, 2.05) is 24.3 Å². The lowest BCUT2D eigenvalue weighted by atomic mass is 10.1. The van der Waals surface area contributed by atoms with Crippen molar-refractivity contribution in [3.05, 3.63) is 29.8 Å². The molecule has 0 saturated carbocycles. The molecule has 0 aliphatic heterocycles. The Bertz CT molecular complexity index is 344. The predicted octanol–water partition coefficient (Wildman–Crippen LogP) is 1.74. The fraction of sp³-hybridized carbons (Fsp3) is 0.571. The summed E-state index contributed by atoms with van der Waals surface area (Å²) in [5.74, 6) is 0.763. The van der Waals surface area contributed by atoms with Crippen LogP contribution < -0.4 is 10.1 Å². The Balaban J connectivity index is 2.41. The molecule has 4 heteroatoms. The van der Waals surface area contributed by atoms with Crippen molar-refractivity contribution in [2.75, 3.05) is 27.4 Å². The van der Waals surface area contributed by atoms with E-state index in [2.05, 4.69) is 12.2 Å². The van der Waals surface area contributed by atoms with Gasteiger partial charge in [0, 0.05) is 26.3 Å². The first-order chi connectivity index (χ1) is 8.67. The Morgan fingerprint density at radius 3 is 2.78 bits per heavy atom. The minimum atomic E-state index is -0.523. The summed E-state index contributed by atoms with van der Waals surface area (Å²) in [5.41, 5.74) is 0.862. The van der Waals surface area contributed by atoms with E-state index in [1.165, 1.54) is 0 Å². The molecule has 0 fully saturated rings. The Kier molecular flexibility index (Phi) is 6.72. The van der Waals surface area contributed by atoms with E-state index >= 15 is 0 Å². The number of ether oxygens (including phenoxy) is 2. The highest BCUT2D eigenvalue weighted by atomic mass is 16.5. The van der Waals surface area contributed by atoms with Gasteiger partial charge in [0.05, 0.1) is 13.2 Å². The lowest BCUT2D eigenvalue weighted by Gasteiger charge is -2.17. The van der Waals surface area contributed by atoms with Crippen molar-refractivity contribution in [2.24, 2.45) is 0 Å². The quantitative estimate of drug-likeness (QED) is 0.741. The Morgan fingerprint density at radius 2 is 2.11 bits per heavy atom. The van der Waals surface area contributed by atoms with Crippen molar-refractivity contribution in [1.82, 2.24) is 5.32 Å². The SMILES string of the molecule is COCCC(C)NCC(O)c1cccc(OC)c1. The zero-order valence-corrected chi connectivity index (χ0v) is 11.3. The van der Waals surface area contributed by atoms with Crippen LogP contribution >= 0.6 is 0 Å². The van der Waals surface area contributed by atoms with Crippen molar-refractivity contribution < 1.29 is 14.6 Å². The van der Waals surface area contributed by atoms with E-state index in [-0.39, 0.29) is 0 Å². The molecule has 0 aliphatic carbocycles. The van der Waals surface area contributed by atoms with Gasteiger partial charge in [-0.05, 0) is 31.0 Å². The van der Waals surface area contributed by atoms with Gasteiger partial charge in [-0.3, -0.25) is 0 Å². The van der Waals surface area contributed by atoms with Crippen LogP contribution in [0.15, 0.2) is 24.3 Å². The number of hydrogen-bond donors (Lipinski definition) is 2. The first kappa shape index (κ1) is 15.0. The van der Waals surface area contributed by atoms with E-state index in [0.29, 0.717) is 12.6 Å². The molecule has 1 aromatic carbocycles. The third-order valence-electron chi connectivity index (χ3n) is 2.89. The molecule has 1 rings (SSSR count). The molecule has 4 nitrogen and oxygen atoms in total. The van der Waals surface area contributed by atoms with E-state index in [1.54, 1.807) is 14.2 Å². The lowest BCUT2D eigenvalue weighted by Crippen LogP contribution is -2.31. The average molecular weight is 253 g/mol. The number of benzene rings is 1. The summed E-state index contributed by atoms with van der Waals surface area (Å²) >= 11 is 0. The molecule has 0 aliphatic rings. The fourth-order valence-electron chi connectivity index (χ4n) is 1.68. The number of rotatable bonds is 8. The maximum Gasteiger partial charge on any atom is 0.119 e. The minimum Gasteiger partial charge on any atom is -0.497 e. The maximum absolute atomic E-state index is 10.1. The van der Waals surface area contributed by atoms with Crippen LogP contribution in [-0.4, -0.2) is 38.5 Å². The third-order valence-corrected chi connectivity index (χ3v) is 2.89. The molecular weight excluding hydrogens is 230 g/mol. The molecule has 2 unspecified atom stereocenters. The van der Waals surface area contributed by atoms with Crippen LogP contribution in [0, 0.1) is 0 Å². The molecule has 0 radical (unpaired) electrons. The highest BCUT2D eigenvalue weighted by Crippen LogP contribution is 2.18. The van der Waals surface area contributed by atoms with Gasteiger partial charge in [-0.25, -0.2) is 0 Å². The van der Waals surface area contributed by atoms with Crippen molar-refractivity contribution in [1.29, 1.82) is 0 Å². The second-order valence-electron chi connectivity index (χ2n) is 4.38. The molecule has 0 saturated heterocycles. The van der Waals surface area contributed by atoms with Gasteiger partial charge in [0.1, 0.15) is 5.75 Å². The summed E-state index contributed by atoms with van der Waals surface area (Å²) in [4.78, 5) is 0. The van der Waals surface area contributed by atoms with Crippen molar-refractivity contribution in [3.8, 4) is 5.75 Å². The molecule has 2 N–H and O–H groups in total. The van der Waals surface area contributed by atoms with Gasteiger partial charge in [-0.15, -0.1) is 0 Å². The topological polar surface area (TPSA) is 50.7 Å².